The molecule has 1 aromatic carbocycles. The van der Waals surface area contributed by atoms with Crippen molar-refractivity contribution in [1.29, 1.82) is 0 Å². The standard InChI is InChI=1S/C17H18N2O7/c1-10(26-12-2-3-13-14(4-12)25-9-24-13)16(21)18-5-11(6-18)7-19-15(20)8-23-17(19)22/h2-4,10-11H,5-9H2,1H3/t10-/m1/s1. The van der Waals surface area contributed by atoms with E-state index >= 15 is 0 Å². The molecule has 138 valence electrons. The van der Waals surface area contributed by atoms with Crippen molar-refractivity contribution in [1.82, 2.24) is 9.80 Å². The molecule has 4 rings (SSSR count). The van der Waals surface area contributed by atoms with Crippen LogP contribution in [-0.2, 0) is 14.3 Å². The first-order chi connectivity index (χ1) is 12.5. The Balaban J connectivity index is 1.27. The van der Waals surface area contributed by atoms with E-state index in [1.54, 1.807) is 30.0 Å². The van der Waals surface area contributed by atoms with Gasteiger partial charge in [-0.1, -0.05) is 0 Å². The van der Waals surface area contributed by atoms with Crippen LogP contribution in [0.2, 0.25) is 0 Å². The Bertz CT molecular complexity index is 743. The Hall–Kier alpha value is -2.97. The van der Waals surface area contributed by atoms with Gasteiger partial charge in [0.05, 0.1) is 0 Å². The fourth-order valence-corrected chi connectivity index (χ4v) is 3.14. The number of carbonyl (C=O) groups excluding carboxylic acids is 3. The highest BCUT2D eigenvalue weighted by molar-refractivity contribution is 5.97. The molecule has 1 aromatic rings. The Labute approximate surface area is 149 Å². The van der Waals surface area contributed by atoms with Gasteiger partial charge in [-0.3, -0.25) is 9.59 Å². The monoisotopic (exact) mass is 362 g/mol. The quantitative estimate of drug-likeness (QED) is 0.758. The van der Waals surface area contributed by atoms with Gasteiger partial charge in [-0.2, -0.15) is 0 Å². The van der Waals surface area contributed by atoms with Crippen molar-refractivity contribution in [2.24, 2.45) is 5.92 Å². The largest absolute Gasteiger partial charge is 0.481 e. The molecule has 3 heterocycles. The highest BCUT2D eigenvalue weighted by atomic mass is 16.7. The lowest BCUT2D eigenvalue weighted by Crippen LogP contribution is -2.57. The second-order valence-electron chi connectivity index (χ2n) is 6.44. The van der Waals surface area contributed by atoms with Crippen molar-refractivity contribution >= 4 is 17.9 Å². The minimum Gasteiger partial charge on any atom is -0.481 e. The summed E-state index contributed by atoms with van der Waals surface area (Å²) in [5.41, 5.74) is 0. The van der Waals surface area contributed by atoms with E-state index in [2.05, 4.69) is 4.74 Å². The molecule has 3 aliphatic rings. The van der Waals surface area contributed by atoms with Gasteiger partial charge in [-0.15, -0.1) is 0 Å². The Morgan fingerprint density at radius 3 is 2.73 bits per heavy atom. The van der Waals surface area contributed by atoms with Gasteiger partial charge in [-0.05, 0) is 19.1 Å². The highest BCUT2D eigenvalue weighted by Gasteiger charge is 2.39. The Morgan fingerprint density at radius 2 is 2.00 bits per heavy atom. The minimum atomic E-state index is -0.658. The van der Waals surface area contributed by atoms with E-state index in [9.17, 15) is 14.4 Å². The van der Waals surface area contributed by atoms with Crippen molar-refractivity contribution in [3.05, 3.63) is 18.2 Å². The van der Waals surface area contributed by atoms with Crippen molar-refractivity contribution in [3.63, 3.8) is 0 Å². The van der Waals surface area contributed by atoms with Gasteiger partial charge in [-0.25, -0.2) is 9.69 Å². The summed E-state index contributed by atoms with van der Waals surface area (Å²) in [6.45, 7) is 2.89. The van der Waals surface area contributed by atoms with Gasteiger partial charge >= 0.3 is 6.09 Å². The molecule has 0 radical (unpaired) electrons. The van der Waals surface area contributed by atoms with Crippen molar-refractivity contribution in [2.75, 3.05) is 33.0 Å². The minimum absolute atomic E-state index is 0.0614. The number of likely N-dealkylation sites (tertiary alicyclic amines) is 1. The summed E-state index contributed by atoms with van der Waals surface area (Å²) in [6.07, 6.45) is -1.27. The first kappa shape index (κ1) is 16.5. The van der Waals surface area contributed by atoms with Crippen LogP contribution in [0.4, 0.5) is 4.79 Å². The Kier molecular flexibility index (Phi) is 4.06. The number of carbonyl (C=O) groups is 3. The summed E-state index contributed by atoms with van der Waals surface area (Å²) in [4.78, 5) is 38.1. The van der Waals surface area contributed by atoms with Crippen LogP contribution in [0.25, 0.3) is 0 Å². The van der Waals surface area contributed by atoms with E-state index in [0.717, 1.165) is 4.90 Å². The fraction of sp³-hybridized carbons (Fsp3) is 0.471. The zero-order valence-electron chi connectivity index (χ0n) is 14.2. The van der Waals surface area contributed by atoms with E-state index in [4.69, 9.17) is 14.2 Å². The number of hydrogen-bond donors (Lipinski definition) is 0. The van der Waals surface area contributed by atoms with Gasteiger partial charge in [0.15, 0.2) is 24.2 Å². The number of ether oxygens (including phenoxy) is 4. The number of imide groups is 1. The third-order valence-corrected chi connectivity index (χ3v) is 4.55. The molecule has 1 atom stereocenters. The van der Waals surface area contributed by atoms with E-state index in [-0.39, 0.29) is 37.7 Å². The number of nitrogens with zero attached hydrogens (tertiary/aromatic N) is 2. The van der Waals surface area contributed by atoms with Crippen molar-refractivity contribution in [2.45, 2.75) is 13.0 Å². The highest BCUT2D eigenvalue weighted by Crippen LogP contribution is 2.35. The maximum Gasteiger partial charge on any atom is 0.417 e. The van der Waals surface area contributed by atoms with Gasteiger partial charge in [0.1, 0.15) is 5.75 Å². The van der Waals surface area contributed by atoms with Gasteiger partial charge in [0, 0.05) is 31.6 Å². The number of amides is 3. The summed E-state index contributed by atoms with van der Waals surface area (Å²) >= 11 is 0. The van der Waals surface area contributed by atoms with E-state index in [1.807, 2.05) is 0 Å². The topological polar surface area (TPSA) is 94.6 Å². The number of hydrogen-bond acceptors (Lipinski definition) is 7. The molecule has 0 spiro atoms. The lowest BCUT2D eigenvalue weighted by Gasteiger charge is -2.41. The predicted octanol–water partition coefficient (Wildman–Crippen LogP) is 0.620. The fourth-order valence-electron chi connectivity index (χ4n) is 3.14. The third-order valence-electron chi connectivity index (χ3n) is 4.55. The predicted molar refractivity (Wildman–Crippen MR) is 85.8 cm³/mol. The van der Waals surface area contributed by atoms with E-state index in [1.165, 1.54) is 0 Å². The first-order valence-corrected chi connectivity index (χ1v) is 8.33. The second-order valence-corrected chi connectivity index (χ2v) is 6.44. The molecule has 9 heteroatoms. The summed E-state index contributed by atoms with van der Waals surface area (Å²) < 4.78 is 20.9. The molecular formula is C17H18N2O7. The van der Waals surface area contributed by atoms with Crippen LogP contribution in [0, 0.1) is 5.92 Å². The Morgan fingerprint density at radius 1 is 1.23 bits per heavy atom. The molecule has 0 saturated carbocycles. The number of benzene rings is 1. The maximum atomic E-state index is 12.4. The summed E-state index contributed by atoms with van der Waals surface area (Å²) in [7, 11) is 0. The normalized spacial score (nSPS) is 20.0. The second kappa shape index (κ2) is 6.40. The van der Waals surface area contributed by atoms with Crippen LogP contribution in [0.5, 0.6) is 17.2 Å². The molecule has 3 amide bonds. The van der Waals surface area contributed by atoms with Crippen LogP contribution >= 0.6 is 0 Å². The lowest BCUT2D eigenvalue weighted by atomic mass is 9.99. The van der Waals surface area contributed by atoms with Gasteiger partial charge in [0.2, 0.25) is 6.79 Å². The summed E-state index contributed by atoms with van der Waals surface area (Å²) in [5, 5.41) is 0. The van der Waals surface area contributed by atoms with Crippen LogP contribution in [0.15, 0.2) is 18.2 Å². The molecule has 0 bridgehead atoms. The van der Waals surface area contributed by atoms with E-state index in [0.29, 0.717) is 30.3 Å². The van der Waals surface area contributed by atoms with Crippen LogP contribution in [-0.4, -0.2) is 66.8 Å². The molecule has 2 saturated heterocycles. The molecule has 0 N–H and O–H groups in total. The molecular weight excluding hydrogens is 344 g/mol. The molecule has 3 aliphatic heterocycles. The third kappa shape index (κ3) is 3.00. The zero-order valence-corrected chi connectivity index (χ0v) is 14.2. The number of rotatable bonds is 5. The number of fused-ring (bicyclic) bond motifs is 1. The SMILES string of the molecule is C[C@@H](Oc1ccc2c(c1)OCO2)C(=O)N1CC(CN2C(=O)COC2=O)C1. The maximum absolute atomic E-state index is 12.4. The summed E-state index contributed by atoms with van der Waals surface area (Å²) in [6, 6.07) is 5.15. The molecule has 0 aliphatic carbocycles. The van der Waals surface area contributed by atoms with Crippen LogP contribution < -0.4 is 14.2 Å². The molecule has 0 unspecified atom stereocenters. The zero-order chi connectivity index (χ0) is 18.3. The molecule has 0 aromatic heterocycles. The first-order valence-electron chi connectivity index (χ1n) is 8.33. The average Bonchev–Trinajstić information content (AvgIpc) is 3.17. The van der Waals surface area contributed by atoms with Gasteiger partial charge in [0.25, 0.3) is 11.8 Å². The van der Waals surface area contributed by atoms with Gasteiger partial charge < -0.3 is 23.8 Å². The van der Waals surface area contributed by atoms with E-state index < -0.39 is 12.2 Å². The average molecular weight is 362 g/mol. The van der Waals surface area contributed by atoms with Crippen LogP contribution in [0.3, 0.4) is 0 Å². The van der Waals surface area contributed by atoms with Crippen molar-refractivity contribution in [3.8, 4) is 17.2 Å². The lowest BCUT2D eigenvalue weighted by molar-refractivity contribution is -0.145. The van der Waals surface area contributed by atoms with Crippen molar-refractivity contribution < 1.29 is 33.3 Å². The number of cyclic esters (lactones) is 1. The summed E-state index contributed by atoms with van der Waals surface area (Å²) in [5.74, 6) is 1.35. The smallest absolute Gasteiger partial charge is 0.417 e. The molecule has 26 heavy (non-hydrogen) atoms. The van der Waals surface area contributed by atoms with Crippen LogP contribution in [0.1, 0.15) is 6.92 Å². The molecule has 9 nitrogen and oxygen atoms in total. The molecule has 2 fully saturated rings.